The molecule has 0 saturated heterocycles. The van der Waals surface area contributed by atoms with Crippen molar-refractivity contribution in [2.75, 3.05) is 39.0 Å². The Kier molecular flexibility index (Phi) is 49.3. The molecule has 0 amide bonds. The van der Waals surface area contributed by atoms with Gasteiger partial charge in [0.15, 0.2) is 0 Å². The third-order valence-corrected chi connectivity index (χ3v) is 14.0. The Balaban J connectivity index is -0.000000145. The average Bonchev–Trinajstić information content (AvgIpc) is 2.61. The van der Waals surface area contributed by atoms with Crippen molar-refractivity contribution in [3.8, 4) is 0 Å². The molecule has 2 radical (unpaired) electrons. The Hall–Kier alpha value is 2.63. The van der Waals surface area contributed by atoms with Crippen LogP contribution in [0.25, 0.3) is 0 Å². The third-order valence-electron chi connectivity index (χ3n) is 4.17. The van der Waals surface area contributed by atoms with Crippen LogP contribution in [0.2, 0.25) is 21.0 Å². The Morgan fingerprint density at radius 3 is 0.852 bits per heavy atom. The molecular weight excluding hydrogens is 666 g/mol. The van der Waals surface area contributed by atoms with E-state index in [0.29, 0.717) is 0 Å². The van der Waals surface area contributed by atoms with Crippen molar-refractivity contribution in [2.24, 2.45) is 0 Å². The van der Waals surface area contributed by atoms with Gasteiger partial charge < -0.3 is 0 Å². The van der Waals surface area contributed by atoms with Crippen molar-refractivity contribution >= 4 is 46.7 Å². The molecule has 0 aromatic rings. The minimum atomic E-state index is 0. The summed E-state index contributed by atoms with van der Waals surface area (Å²) in [4.78, 5) is 0. The summed E-state index contributed by atoms with van der Waals surface area (Å²) in [6.45, 7) is 18.7. The maximum absolute atomic E-state index is 2.40. The maximum atomic E-state index is 2.40. The summed E-state index contributed by atoms with van der Waals surface area (Å²) in [7, 11) is 0.191. The van der Waals surface area contributed by atoms with Crippen LogP contribution in [-0.4, -0.2) is 69.8 Å². The van der Waals surface area contributed by atoms with Gasteiger partial charge in [-0.2, -0.15) is 0 Å². The SMILES string of the molecule is CCC[CH2][GeH][CH2]CCC.CCC[CH2][GeH][CH2]CCC.C[PH+](C)CC[PH+](C)C.[Pt+2]. The normalized spacial score (nSPS) is 10.0. The first-order valence-electron chi connectivity index (χ1n) is 11.7. The average molecular weight is 723 g/mol. The predicted octanol–water partition coefficient (Wildman–Crippen LogP) is 7.65. The second kappa shape index (κ2) is 36.0. The predicted molar refractivity (Wildman–Crippen MR) is 143 cm³/mol. The molecule has 0 unspecified atom stereocenters. The third kappa shape index (κ3) is 52.7. The van der Waals surface area contributed by atoms with Crippen LogP contribution in [0.4, 0.5) is 0 Å². The Morgan fingerprint density at radius 1 is 0.481 bits per heavy atom. The van der Waals surface area contributed by atoms with Crippen LogP contribution in [0.15, 0.2) is 0 Å². The summed E-state index contributed by atoms with van der Waals surface area (Å²) in [5, 5.41) is 6.44. The molecule has 27 heavy (non-hydrogen) atoms. The van der Waals surface area contributed by atoms with Crippen LogP contribution in [0.5, 0.6) is 0 Å². The van der Waals surface area contributed by atoms with E-state index in [4.69, 9.17) is 0 Å². The van der Waals surface area contributed by atoms with Crippen LogP contribution in [0.1, 0.15) is 79.1 Å². The van der Waals surface area contributed by atoms with Gasteiger partial charge in [0.25, 0.3) is 0 Å². The largest absolute Gasteiger partial charge is 2.00 e. The Morgan fingerprint density at radius 2 is 0.704 bits per heavy atom. The molecule has 0 saturated carbocycles. The first kappa shape index (κ1) is 37.0. The summed E-state index contributed by atoms with van der Waals surface area (Å²) in [6.07, 6.45) is 14.7. The molecule has 0 aromatic heterocycles. The monoisotopic (exact) mass is 725 g/mol. The standard InChI is InChI=1S/2C8H19Ge.C6H16P2.Pt/c2*1-3-5-7-9-8-6-4-2;1-7(2)5-6-8(3)4;/h2*9H,3-8H2,1-2H3;5-6H2,1-4H3;/q;;;+2/p+2. The fourth-order valence-electron chi connectivity index (χ4n) is 2.18. The summed E-state index contributed by atoms with van der Waals surface area (Å²) in [6, 6.07) is 0. The minimum absolute atomic E-state index is 0. The van der Waals surface area contributed by atoms with E-state index < -0.39 is 0 Å². The molecule has 0 nitrogen and oxygen atoms in total. The topological polar surface area (TPSA) is 0 Å². The van der Waals surface area contributed by atoms with Gasteiger partial charge in [0.05, 0.1) is 12.3 Å². The van der Waals surface area contributed by atoms with E-state index in [9.17, 15) is 0 Å². The molecule has 0 aliphatic rings. The quantitative estimate of drug-likeness (QED) is 0.0927. The summed E-state index contributed by atoms with van der Waals surface area (Å²) < 4.78 is 0. The smallest absolute Gasteiger partial charge is 0.00165 e. The van der Waals surface area contributed by atoms with E-state index in [-0.39, 0.29) is 67.8 Å². The van der Waals surface area contributed by atoms with E-state index >= 15 is 0 Å². The van der Waals surface area contributed by atoms with Crippen LogP contribution in [-0.2, 0) is 21.1 Å². The molecule has 5 heteroatoms. The first-order valence-corrected chi connectivity index (χ1v) is 23.9. The second-order valence-electron chi connectivity index (χ2n) is 8.06. The van der Waals surface area contributed by atoms with Crippen LogP contribution < -0.4 is 0 Å². The molecule has 0 bridgehead atoms. The van der Waals surface area contributed by atoms with Gasteiger partial charge in [-0.05, 0) is 15.8 Å². The first-order chi connectivity index (χ1) is 12.5. The van der Waals surface area contributed by atoms with Gasteiger partial charge in [-0.15, -0.1) is 0 Å². The second-order valence-corrected chi connectivity index (χ2v) is 21.2. The van der Waals surface area contributed by atoms with Crippen molar-refractivity contribution in [1.29, 1.82) is 0 Å². The summed E-state index contributed by atoms with van der Waals surface area (Å²) >= 11 is 0.511. The van der Waals surface area contributed by atoms with E-state index in [1.807, 2.05) is 0 Å². The van der Waals surface area contributed by atoms with E-state index in [1.54, 1.807) is 21.0 Å². The minimum Gasteiger partial charge on any atom is -0.00165 e. The fourth-order valence-corrected chi connectivity index (χ4v) is 13.2. The van der Waals surface area contributed by atoms with Crippen molar-refractivity contribution in [1.82, 2.24) is 0 Å². The van der Waals surface area contributed by atoms with Crippen molar-refractivity contribution in [3.05, 3.63) is 0 Å². The van der Waals surface area contributed by atoms with E-state index in [2.05, 4.69) is 54.4 Å². The van der Waals surface area contributed by atoms with E-state index in [0.717, 1.165) is 0 Å². The fraction of sp³-hybridized carbons (Fsp3) is 1.00. The van der Waals surface area contributed by atoms with Gasteiger partial charge in [0.2, 0.25) is 0 Å². The molecule has 0 aliphatic carbocycles. The van der Waals surface area contributed by atoms with Gasteiger partial charge in [0.1, 0.15) is 0 Å². The van der Waals surface area contributed by atoms with Gasteiger partial charge in [-0.25, -0.2) is 0 Å². The van der Waals surface area contributed by atoms with Crippen molar-refractivity contribution < 1.29 is 21.1 Å². The van der Waals surface area contributed by atoms with Crippen LogP contribution >= 0.6 is 15.8 Å². The molecule has 0 heterocycles. The molecule has 168 valence electrons. The molecule has 0 atom stereocenters. The Bertz CT molecular complexity index is 184. The van der Waals surface area contributed by atoms with Gasteiger partial charge >= 0.3 is 152 Å². The van der Waals surface area contributed by atoms with Crippen LogP contribution in [0, 0.1) is 0 Å². The van der Waals surface area contributed by atoms with E-state index in [1.165, 1.54) is 63.7 Å². The number of unbranched alkanes of at least 4 members (excludes halogenated alkanes) is 4. The number of rotatable bonds is 15. The molecule has 0 spiro atoms. The van der Waals surface area contributed by atoms with Crippen LogP contribution in [0.3, 0.4) is 0 Å². The van der Waals surface area contributed by atoms with Gasteiger partial charge in [0, 0.05) is 26.7 Å². The summed E-state index contributed by atoms with van der Waals surface area (Å²) in [5.74, 6) is 0. The molecule has 0 fully saturated rings. The maximum Gasteiger partial charge on any atom is 2.00 e. The Labute approximate surface area is 205 Å². The zero-order valence-electron chi connectivity index (χ0n) is 20.4. The molecule has 0 aliphatic heterocycles. The summed E-state index contributed by atoms with van der Waals surface area (Å²) in [5.41, 5.74) is 0. The molecule has 0 aromatic carbocycles. The number of hydrogen-bond donors (Lipinski definition) is 0. The van der Waals surface area contributed by atoms with Gasteiger partial charge in [-0.3, -0.25) is 0 Å². The molecular formula is C22H56Ge2P2Pt+4. The van der Waals surface area contributed by atoms with Crippen molar-refractivity contribution in [2.45, 2.75) is 100 Å². The number of hydrogen-bond acceptors (Lipinski definition) is 0. The van der Waals surface area contributed by atoms with Gasteiger partial charge in [-0.1, -0.05) is 0 Å². The zero-order valence-corrected chi connectivity index (χ0v) is 29.5. The van der Waals surface area contributed by atoms with Crippen molar-refractivity contribution in [3.63, 3.8) is 0 Å². The zero-order chi connectivity index (χ0) is 20.5. The molecule has 0 N–H and O–H groups in total. The molecule has 0 rings (SSSR count).